The second-order valence-corrected chi connectivity index (χ2v) is 5.84. The molecule has 0 saturated carbocycles. The summed E-state index contributed by atoms with van der Waals surface area (Å²) < 4.78 is 12.9. The number of ether oxygens (including phenoxy) is 2. The number of fused-ring (bicyclic) bond motifs is 2. The second kappa shape index (κ2) is 6.51. The molecule has 0 aliphatic carbocycles. The molecule has 0 spiro atoms. The SMILES string of the molecule is CCn1c(O)c(N=NC(=O)C2COc3ccccc3O2)c2ccccc21. The van der Waals surface area contributed by atoms with Crippen LogP contribution in [-0.4, -0.2) is 28.3 Å². The van der Waals surface area contributed by atoms with Gasteiger partial charge in [-0.15, -0.1) is 10.2 Å². The Bertz CT molecular complexity index is 1010. The Hall–Kier alpha value is -3.35. The summed E-state index contributed by atoms with van der Waals surface area (Å²) in [5, 5.41) is 18.9. The lowest BCUT2D eigenvalue weighted by molar-refractivity contribution is -0.127. The molecule has 0 radical (unpaired) electrons. The maximum absolute atomic E-state index is 12.4. The van der Waals surface area contributed by atoms with Gasteiger partial charge in [0.1, 0.15) is 6.61 Å². The topological polar surface area (TPSA) is 85.4 Å². The Morgan fingerprint density at radius 1 is 1.19 bits per heavy atom. The lowest BCUT2D eigenvalue weighted by atomic mass is 10.2. The fourth-order valence-electron chi connectivity index (χ4n) is 3.00. The minimum Gasteiger partial charge on any atom is -0.493 e. The van der Waals surface area contributed by atoms with Gasteiger partial charge in [-0.05, 0) is 25.1 Å². The van der Waals surface area contributed by atoms with Crippen LogP contribution in [0.15, 0.2) is 58.8 Å². The van der Waals surface area contributed by atoms with E-state index in [2.05, 4.69) is 10.2 Å². The summed E-state index contributed by atoms with van der Waals surface area (Å²) in [5.41, 5.74) is 1.10. The third-order valence-corrected chi connectivity index (χ3v) is 4.27. The van der Waals surface area contributed by atoms with Crippen LogP contribution in [0.3, 0.4) is 0 Å². The monoisotopic (exact) mass is 351 g/mol. The molecule has 1 aromatic heterocycles. The number of carbonyl (C=O) groups excluding carboxylic acids is 1. The predicted octanol–water partition coefficient (Wildman–Crippen LogP) is 3.82. The van der Waals surface area contributed by atoms with E-state index in [0.717, 1.165) is 10.9 Å². The van der Waals surface area contributed by atoms with Crippen LogP contribution in [0.1, 0.15) is 6.92 Å². The average molecular weight is 351 g/mol. The molecule has 7 heteroatoms. The Balaban J connectivity index is 1.60. The average Bonchev–Trinajstić information content (AvgIpc) is 2.96. The highest BCUT2D eigenvalue weighted by Gasteiger charge is 2.27. The van der Waals surface area contributed by atoms with E-state index in [0.29, 0.717) is 18.0 Å². The number of hydrogen-bond donors (Lipinski definition) is 1. The van der Waals surface area contributed by atoms with Gasteiger partial charge in [0, 0.05) is 11.9 Å². The van der Waals surface area contributed by atoms with Crippen LogP contribution in [0, 0.1) is 0 Å². The molecule has 1 aliphatic rings. The molecule has 3 aromatic rings. The van der Waals surface area contributed by atoms with E-state index in [4.69, 9.17) is 9.47 Å². The normalized spacial score (nSPS) is 16.3. The van der Waals surface area contributed by atoms with Gasteiger partial charge in [-0.1, -0.05) is 30.3 Å². The zero-order chi connectivity index (χ0) is 18.1. The van der Waals surface area contributed by atoms with Crippen molar-refractivity contribution in [2.75, 3.05) is 6.61 Å². The first kappa shape index (κ1) is 16.1. The summed E-state index contributed by atoms with van der Waals surface area (Å²) in [7, 11) is 0. The van der Waals surface area contributed by atoms with Gasteiger partial charge in [0.25, 0.3) is 0 Å². The van der Waals surface area contributed by atoms with E-state index in [-0.39, 0.29) is 18.2 Å². The van der Waals surface area contributed by atoms with Crippen LogP contribution in [-0.2, 0) is 11.3 Å². The van der Waals surface area contributed by atoms with Gasteiger partial charge in [-0.3, -0.25) is 4.79 Å². The van der Waals surface area contributed by atoms with Gasteiger partial charge in [-0.2, -0.15) is 0 Å². The molecule has 1 aliphatic heterocycles. The zero-order valence-corrected chi connectivity index (χ0v) is 14.1. The Morgan fingerprint density at radius 3 is 2.73 bits per heavy atom. The van der Waals surface area contributed by atoms with Crippen molar-refractivity contribution in [2.45, 2.75) is 19.6 Å². The third kappa shape index (κ3) is 2.67. The molecule has 0 saturated heterocycles. The van der Waals surface area contributed by atoms with Crippen molar-refractivity contribution in [2.24, 2.45) is 10.2 Å². The highest BCUT2D eigenvalue weighted by Crippen LogP contribution is 2.38. The Morgan fingerprint density at radius 2 is 1.92 bits per heavy atom. The van der Waals surface area contributed by atoms with Crippen LogP contribution >= 0.6 is 0 Å². The summed E-state index contributed by atoms with van der Waals surface area (Å²) in [6, 6.07) is 14.6. The number of amides is 1. The molecule has 0 bridgehead atoms. The van der Waals surface area contributed by atoms with Crippen molar-refractivity contribution in [1.82, 2.24) is 4.57 Å². The molecule has 1 atom stereocenters. The molecule has 1 amide bonds. The third-order valence-electron chi connectivity index (χ3n) is 4.27. The standard InChI is InChI=1S/C19H17N3O4/c1-2-22-13-8-4-3-7-12(13)17(19(22)24)20-21-18(23)16-11-25-14-9-5-6-10-15(14)26-16/h3-10,16,24H,2,11H2,1H3. The minimum absolute atomic E-state index is 0.0172. The lowest BCUT2D eigenvalue weighted by Crippen LogP contribution is -2.35. The van der Waals surface area contributed by atoms with Gasteiger partial charge in [-0.25, -0.2) is 0 Å². The van der Waals surface area contributed by atoms with Crippen LogP contribution in [0.2, 0.25) is 0 Å². The number of para-hydroxylation sites is 3. The van der Waals surface area contributed by atoms with E-state index >= 15 is 0 Å². The lowest BCUT2D eigenvalue weighted by Gasteiger charge is -2.23. The maximum Gasteiger partial charge on any atom is 0.308 e. The molecule has 2 aromatic carbocycles. The van der Waals surface area contributed by atoms with Gasteiger partial charge in [0.2, 0.25) is 12.0 Å². The molecule has 26 heavy (non-hydrogen) atoms. The number of nitrogens with zero attached hydrogens (tertiary/aromatic N) is 3. The van der Waals surface area contributed by atoms with E-state index in [9.17, 15) is 9.90 Å². The number of aryl methyl sites for hydroxylation is 1. The number of carbonyl (C=O) groups is 1. The van der Waals surface area contributed by atoms with Crippen molar-refractivity contribution < 1.29 is 19.4 Å². The summed E-state index contributed by atoms with van der Waals surface area (Å²) >= 11 is 0. The molecule has 2 heterocycles. The van der Waals surface area contributed by atoms with E-state index in [1.54, 1.807) is 22.8 Å². The molecule has 1 N–H and O–H groups in total. The molecule has 4 rings (SSSR count). The second-order valence-electron chi connectivity index (χ2n) is 5.84. The summed E-state index contributed by atoms with van der Waals surface area (Å²) in [4.78, 5) is 12.4. The fourth-order valence-corrected chi connectivity index (χ4v) is 3.00. The highest BCUT2D eigenvalue weighted by atomic mass is 16.6. The molecule has 132 valence electrons. The maximum atomic E-state index is 12.4. The summed E-state index contributed by atoms with van der Waals surface area (Å²) in [5.74, 6) is 0.513. The Kier molecular flexibility index (Phi) is 4.04. The van der Waals surface area contributed by atoms with Crippen LogP contribution in [0.5, 0.6) is 17.4 Å². The molecular formula is C19H17N3O4. The zero-order valence-electron chi connectivity index (χ0n) is 14.1. The summed E-state index contributed by atoms with van der Waals surface area (Å²) in [6.45, 7) is 2.56. The van der Waals surface area contributed by atoms with E-state index < -0.39 is 12.0 Å². The highest BCUT2D eigenvalue weighted by molar-refractivity contribution is 5.95. The smallest absolute Gasteiger partial charge is 0.308 e. The van der Waals surface area contributed by atoms with E-state index in [1.807, 2.05) is 37.3 Å². The minimum atomic E-state index is -0.865. The molecular weight excluding hydrogens is 334 g/mol. The van der Waals surface area contributed by atoms with E-state index in [1.165, 1.54) is 0 Å². The van der Waals surface area contributed by atoms with Crippen molar-refractivity contribution in [3.05, 3.63) is 48.5 Å². The number of hydrogen-bond acceptors (Lipinski definition) is 5. The number of aromatic hydroxyl groups is 1. The van der Waals surface area contributed by atoms with Crippen molar-refractivity contribution in [3.63, 3.8) is 0 Å². The number of benzene rings is 2. The van der Waals surface area contributed by atoms with Crippen molar-refractivity contribution in [1.29, 1.82) is 0 Å². The first-order valence-corrected chi connectivity index (χ1v) is 8.33. The number of aromatic nitrogens is 1. The first-order valence-electron chi connectivity index (χ1n) is 8.33. The van der Waals surface area contributed by atoms with Gasteiger partial charge in [0.15, 0.2) is 17.2 Å². The predicted molar refractivity (Wildman–Crippen MR) is 95.2 cm³/mol. The van der Waals surface area contributed by atoms with Crippen LogP contribution in [0.4, 0.5) is 5.69 Å². The Labute approximate surface area is 149 Å². The van der Waals surface area contributed by atoms with Gasteiger partial charge in [0.05, 0.1) is 5.52 Å². The van der Waals surface area contributed by atoms with Crippen molar-refractivity contribution in [3.8, 4) is 17.4 Å². The van der Waals surface area contributed by atoms with Crippen LogP contribution < -0.4 is 9.47 Å². The molecule has 7 nitrogen and oxygen atoms in total. The quantitative estimate of drug-likeness (QED) is 0.727. The molecule has 1 unspecified atom stereocenters. The van der Waals surface area contributed by atoms with Gasteiger partial charge < -0.3 is 19.1 Å². The van der Waals surface area contributed by atoms with Crippen LogP contribution in [0.25, 0.3) is 10.9 Å². The number of rotatable bonds is 3. The van der Waals surface area contributed by atoms with Crippen molar-refractivity contribution >= 4 is 22.5 Å². The largest absolute Gasteiger partial charge is 0.493 e. The number of azo groups is 1. The summed E-state index contributed by atoms with van der Waals surface area (Å²) in [6.07, 6.45) is -0.865. The fraction of sp³-hybridized carbons (Fsp3) is 0.211. The molecule has 0 fully saturated rings. The van der Waals surface area contributed by atoms with Gasteiger partial charge >= 0.3 is 5.91 Å². The first-order chi connectivity index (χ1) is 12.7.